The Kier molecular flexibility index (Phi) is 4.11. The molecule has 108 valence electrons. The van der Waals surface area contributed by atoms with Crippen LogP contribution in [0.1, 0.15) is 19.0 Å². The van der Waals surface area contributed by atoms with Gasteiger partial charge in [-0.3, -0.25) is 0 Å². The molecule has 0 amide bonds. The standard InChI is InChI=1S/C17H17ClN2O/c1-2-11-21-14-8-6-13(7-9-14)17-15(12-18)20-10-4-3-5-16(20)19-17/h3-10H,2,11-12H2,1H3. The molecule has 2 heterocycles. The lowest BCUT2D eigenvalue weighted by atomic mass is 10.1. The normalized spacial score (nSPS) is 11.0. The fraction of sp³-hybridized carbons (Fsp3) is 0.235. The molecule has 0 saturated carbocycles. The smallest absolute Gasteiger partial charge is 0.137 e. The third-order valence-corrected chi connectivity index (χ3v) is 3.61. The van der Waals surface area contributed by atoms with Gasteiger partial charge < -0.3 is 9.14 Å². The van der Waals surface area contributed by atoms with Gasteiger partial charge in [-0.05, 0) is 42.8 Å². The number of alkyl halides is 1. The molecule has 0 fully saturated rings. The van der Waals surface area contributed by atoms with E-state index in [2.05, 4.69) is 11.9 Å². The van der Waals surface area contributed by atoms with Crippen LogP contribution in [0.25, 0.3) is 16.9 Å². The van der Waals surface area contributed by atoms with Gasteiger partial charge in [0, 0.05) is 11.8 Å². The second-order valence-electron chi connectivity index (χ2n) is 4.84. The van der Waals surface area contributed by atoms with Crippen molar-refractivity contribution < 1.29 is 4.74 Å². The monoisotopic (exact) mass is 300 g/mol. The number of aromatic nitrogens is 2. The van der Waals surface area contributed by atoms with Gasteiger partial charge in [0.05, 0.1) is 23.9 Å². The topological polar surface area (TPSA) is 26.5 Å². The number of hydrogen-bond acceptors (Lipinski definition) is 2. The summed E-state index contributed by atoms with van der Waals surface area (Å²) in [7, 11) is 0. The van der Waals surface area contributed by atoms with Crippen LogP contribution in [0.2, 0.25) is 0 Å². The Hall–Kier alpha value is -2.00. The summed E-state index contributed by atoms with van der Waals surface area (Å²) in [6.07, 6.45) is 2.99. The van der Waals surface area contributed by atoms with Crippen molar-refractivity contribution in [2.45, 2.75) is 19.2 Å². The molecule has 0 saturated heterocycles. The van der Waals surface area contributed by atoms with E-state index in [1.54, 1.807) is 0 Å². The molecule has 0 atom stereocenters. The molecule has 2 aromatic heterocycles. The molecular formula is C17H17ClN2O. The third kappa shape index (κ3) is 2.74. The number of benzene rings is 1. The first-order chi connectivity index (χ1) is 10.3. The lowest BCUT2D eigenvalue weighted by Gasteiger charge is -2.06. The average molecular weight is 301 g/mol. The zero-order valence-corrected chi connectivity index (χ0v) is 12.7. The number of imidazole rings is 1. The first-order valence-corrected chi connectivity index (χ1v) is 7.62. The Balaban J connectivity index is 1.99. The molecule has 0 aliphatic rings. The van der Waals surface area contributed by atoms with Gasteiger partial charge in [-0.1, -0.05) is 13.0 Å². The maximum atomic E-state index is 6.12. The minimum absolute atomic E-state index is 0.425. The number of rotatable bonds is 5. The second kappa shape index (κ2) is 6.19. The second-order valence-corrected chi connectivity index (χ2v) is 5.11. The van der Waals surface area contributed by atoms with E-state index in [1.165, 1.54) is 0 Å². The number of hydrogen-bond donors (Lipinski definition) is 0. The first-order valence-electron chi connectivity index (χ1n) is 7.08. The minimum atomic E-state index is 0.425. The van der Waals surface area contributed by atoms with E-state index in [9.17, 15) is 0 Å². The largest absolute Gasteiger partial charge is 0.494 e. The number of nitrogens with zero attached hydrogens (tertiary/aromatic N) is 2. The van der Waals surface area contributed by atoms with E-state index in [1.807, 2.05) is 53.1 Å². The molecule has 0 aliphatic heterocycles. The summed E-state index contributed by atoms with van der Waals surface area (Å²) in [6.45, 7) is 2.83. The first kappa shape index (κ1) is 14.0. The van der Waals surface area contributed by atoms with Crippen LogP contribution in [0.4, 0.5) is 0 Å². The maximum Gasteiger partial charge on any atom is 0.137 e. The van der Waals surface area contributed by atoms with Gasteiger partial charge in [0.25, 0.3) is 0 Å². The summed E-state index contributed by atoms with van der Waals surface area (Å²) in [6, 6.07) is 14.0. The molecule has 0 unspecified atom stereocenters. The number of pyridine rings is 1. The van der Waals surface area contributed by atoms with Crippen molar-refractivity contribution in [2.75, 3.05) is 6.61 Å². The zero-order valence-electron chi connectivity index (χ0n) is 11.9. The van der Waals surface area contributed by atoms with E-state index in [0.29, 0.717) is 5.88 Å². The Labute approximate surface area is 129 Å². The molecule has 4 heteroatoms. The van der Waals surface area contributed by atoms with Crippen LogP contribution in [0.5, 0.6) is 5.75 Å². The Morgan fingerprint density at radius 1 is 1.14 bits per heavy atom. The van der Waals surface area contributed by atoms with E-state index >= 15 is 0 Å². The SMILES string of the molecule is CCCOc1ccc(-c2nc3ccccn3c2CCl)cc1. The Bertz CT molecular complexity index is 734. The molecule has 3 aromatic rings. The van der Waals surface area contributed by atoms with Gasteiger partial charge in [-0.2, -0.15) is 0 Å². The van der Waals surface area contributed by atoms with E-state index in [0.717, 1.165) is 41.4 Å². The molecule has 3 nitrogen and oxygen atoms in total. The van der Waals surface area contributed by atoms with E-state index < -0.39 is 0 Å². The van der Waals surface area contributed by atoms with Crippen LogP contribution < -0.4 is 4.74 Å². The van der Waals surface area contributed by atoms with Crippen LogP contribution in [0.3, 0.4) is 0 Å². The quantitative estimate of drug-likeness (QED) is 0.647. The molecule has 3 rings (SSSR count). The zero-order chi connectivity index (χ0) is 14.7. The van der Waals surface area contributed by atoms with Gasteiger partial charge in [0.15, 0.2) is 0 Å². The fourth-order valence-corrected chi connectivity index (χ4v) is 2.59. The summed E-state index contributed by atoms with van der Waals surface area (Å²) in [5.41, 5.74) is 3.90. The highest BCUT2D eigenvalue weighted by Crippen LogP contribution is 2.27. The van der Waals surface area contributed by atoms with Crippen LogP contribution in [-0.2, 0) is 5.88 Å². The van der Waals surface area contributed by atoms with Gasteiger partial charge in [0.2, 0.25) is 0 Å². The predicted octanol–water partition coefficient (Wildman–Crippen LogP) is 4.53. The fourth-order valence-electron chi connectivity index (χ4n) is 2.33. The van der Waals surface area contributed by atoms with Crippen molar-refractivity contribution in [3.63, 3.8) is 0 Å². The van der Waals surface area contributed by atoms with Crippen LogP contribution >= 0.6 is 11.6 Å². The molecule has 0 radical (unpaired) electrons. The van der Waals surface area contributed by atoms with Crippen molar-refractivity contribution in [1.29, 1.82) is 0 Å². The average Bonchev–Trinajstić information content (AvgIpc) is 2.92. The van der Waals surface area contributed by atoms with Gasteiger partial charge in [-0.25, -0.2) is 4.98 Å². The lowest BCUT2D eigenvalue weighted by molar-refractivity contribution is 0.317. The molecule has 0 aliphatic carbocycles. The highest BCUT2D eigenvalue weighted by Gasteiger charge is 2.12. The van der Waals surface area contributed by atoms with Crippen molar-refractivity contribution in [1.82, 2.24) is 9.38 Å². The summed E-state index contributed by atoms with van der Waals surface area (Å²) < 4.78 is 7.64. The molecule has 1 aromatic carbocycles. The van der Waals surface area contributed by atoms with E-state index in [4.69, 9.17) is 16.3 Å². The molecule has 21 heavy (non-hydrogen) atoms. The molecule has 0 spiro atoms. The van der Waals surface area contributed by atoms with Crippen molar-refractivity contribution >= 4 is 17.2 Å². The van der Waals surface area contributed by atoms with Crippen LogP contribution in [0.15, 0.2) is 48.7 Å². The van der Waals surface area contributed by atoms with Gasteiger partial charge in [0.1, 0.15) is 11.4 Å². The highest BCUT2D eigenvalue weighted by molar-refractivity contribution is 6.17. The van der Waals surface area contributed by atoms with Gasteiger partial charge >= 0.3 is 0 Å². The molecule has 0 bridgehead atoms. The Morgan fingerprint density at radius 2 is 1.95 bits per heavy atom. The predicted molar refractivity (Wildman–Crippen MR) is 86.0 cm³/mol. The maximum absolute atomic E-state index is 6.12. The van der Waals surface area contributed by atoms with Crippen LogP contribution in [0, 0.1) is 0 Å². The highest BCUT2D eigenvalue weighted by atomic mass is 35.5. The van der Waals surface area contributed by atoms with Gasteiger partial charge in [-0.15, -0.1) is 11.6 Å². The van der Waals surface area contributed by atoms with E-state index in [-0.39, 0.29) is 0 Å². The summed E-state index contributed by atoms with van der Waals surface area (Å²) >= 11 is 6.12. The van der Waals surface area contributed by atoms with Crippen molar-refractivity contribution in [3.8, 4) is 17.0 Å². The molecule has 0 N–H and O–H groups in total. The summed E-state index contributed by atoms with van der Waals surface area (Å²) in [5, 5.41) is 0. The Morgan fingerprint density at radius 3 is 2.67 bits per heavy atom. The molecular weight excluding hydrogens is 284 g/mol. The third-order valence-electron chi connectivity index (χ3n) is 3.36. The van der Waals surface area contributed by atoms with Crippen molar-refractivity contribution in [3.05, 3.63) is 54.4 Å². The van der Waals surface area contributed by atoms with Crippen molar-refractivity contribution in [2.24, 2.45) is 0 Å². The number of ether oxygens (including phenoxy) is 1. The van der Waals surface area contributed by atoms with Crippen LogP contribution in [-0.4, -0.2) is 16.0 Å². The summed E-state index contributed by atoms with van der Waals surface area (Å²) in [5.74, 6) is 1.31. The number of fused-ring (bicyclic) bond motifs is 1. The minimum Gasteiger partial charge on any atom is -0.494 e. The summed E-state index contributed by atoms with van der Waals surface area (Å²) in [4.78, 5) is 4.68. The lowest BCUT2D eigenvalue weighted by Crippen LogP contribution is -1.94. The number of halogens is 1.